The Hall–Kier alpha value is -1.57. The number of ether oxygens (including phenoxy) is 1. The molecule has 0 spiro atoms. The summed E-state index contributed by atoms with van der Waals surface area (Å²) >= 11 is 0. The number of hydrogen-bond acceptors (Lipinski definition) is 4. The summed E-state index contributed by atoms with van der Waals surface area (Å²) in [5, 5.41) is 21.5. The largest absolute Gasteiger partial charge is 0.497 e. The lowest BCUT2D eigenvalue weighted by Crippen LogP contribution is -2.44. The number of rotatable bonds is 5. The molecule has 4 heteroatoms. The monoisotopic (exact) mass is 234 g/mol. The second kappa shape index (κ2) is 5.67. The Kier molecular flexibility index (Phi) is 4.50. The molecule has 0 aromatic heterocycles. The van der Waals surface area contributed by atoms with E-state index in [1.165, 1.54) is 0 Å². The molecule has 0 amide bonds. The number of methoxy groups -OCH3 is 1. The highest BCUT2D eigenvalue weighted by Crippen LogP contribution is 2.20. The van der Waals surface area contributed by atoms with Crippen LogP contribution in [0.1, 0.15) is 25.5 Å². The van der Waals surface area contributed by atoms with Crippen molar-refractivity contribution in [3.63, 3.8) is 0 Å². The lowest BCUT2D eigenvalue weighted by molar-refractivity contribution is 0.182. The van der Waals surface area contributed by atoms with Crippen LogP contribution in [-0.4, -0.2) is 24.4 Å². The minimum atomic E-state index is -0.497. The number of nitrogens with one attached hydrogen (secondary N) is 1. The van der Waals surface area contributed by atoms with Gasteiger partial charge in [-0.3, -0.25) is 5.32 Å². The average Bonchev–Trinajstić information content (AvgIpc) is 2.36. The number of hydrogen-bond donors (Lipinski definition) is 2. The molecule has 0 saturated carbocycles. The molecule has 0 aliphatic rings. The van der Waals surface area contributed by atoms with Gasteiger partial charge in [-0.2, -0.15) is 5.26 Å². The van der Waals surface area contributed by atoms with Crippen LogP contribution in [0.3, 0.4) is 0 Å². The SMILES string of the molecule is COc1cccc(C(C#N)NC(C)(C)CO)c1. The van der Waals surface area contributed by atoms with E-state index in [1.807, 2.05) is 38.1 Å². The van der Waals surface area contributed by atoms with Crippen molar-refractivity contribution in [3.8, 4) is 11.8 Å². The molecule has 1 aromatic rings. The van der Waals surface area contributed by atoms with Crippen molar-refractivity contribution < 1.29 is 9.84 Å². The van der Waals surface area contributed by atoms with Crippen LogP contribution in [0.4, 0.5) is 0 Å². The minimum Gasteiger partial charge on any atom is -0.497 e. The topological polar surface area (TPSA) is 65.3 Å². The summed E-state index contributed by atoms with van der Waals surface area (Å²) in [6.45, 7) is 3.66. The second-order valence-electron chi connectivity index (χ2n) is 4.53. The summed E-state index contributed by atoms with van der Waals surface area (Å²) in [5.41, 5.74) is 0.331. The van der Waals surface area contributed by atoms with Gasteiger partial charge < -0.3 is 9.84 Å². The fraction of sp³-hybridized carbons (Fsp3) is 0.462. The van der Waals surface area contributed by atoms with E-state index in [2.05, 4.69) is 11.4 Å². The second-order valence-corrected chi connectivity index (χ2v) is 4.53. The van der Waals surface area contributed by atoms with Crippen LogP contribution in [0.25, 0.3) is 0 Å². The highest BCUT2D eigenvalue weighted by atomic mass is 16.5. The first kappa shape index (κ1) is 13.5. The molecule has 17 heavy (non-hydrogen) atoms. The van der Waals surface area contributed by atoms with Crippen LogP contribution < -0.4 is 10.1 Å². The van der Waals surface area contributed by atoms with Gasteiger partial charge in [0.15, 0.2) is 0 Å². The van der Waals surface area contributed by atoms with E-state index in [0.717, 1.165) is 5.56 Å². The Labute approximate surface area is 102 Å². The third-order valence-electron chi connectivity index (χ3n) is 2.49. The standard InChI is InChI=1S/C13H18N2O2/c1-13(2,9-16)15-12(8-14)10-5-4-6-11(7-10)17-3/h4-7,12,15-16H,9H2,1-3H3. The van der Waals surface area contributed by atoms with Crippen molar-refractivity contribution in [2.24, 2.45) is 0 Å². The van der Waals surface area contributed by atoms with Crippen molar-refractivity contribution >= 4 is 0 Å². The fourth-order valence-electron chi connectivity index (χ4n) is 1.45. The predicted octanol–water partition coefficient (Wildman–Crippen LogP) is 1.62. The molecule has 0 aliphatic carbocycles. The zero-order valence-electron chi connectivity index (χ0n) is 10.4. The molecule has 4 nitrogen and oxygen atoms in total. The summed E-state index contributed by atoms with van der Waals surface area (Å²) in [7, 11) is 1.59. The first-order chi connectivity index (χ1) is 8.02. The van der Waals surface area contributed by atoms with E-state index in [4.69, 9.17) is 10.00 Å². The van der Waals surface area contributed by atoms with Crippen molar-refractivity contribution in [2.75, 3.05) is 13.7 Å². The van der Waals surface area contributed by atoms with Crippen molar-refractivity contribution in [1.82, 2.24) is 5.32 Å². The zero-order valence-corrected chi connectivity index (χ0v) is 10.4. The van der Waals surface area contributed by atoms with E-state index in [-0.39, 0.29) is 6.61 Å². The molecule has 0 bridgehead atoms. The molecule has 92 valence electrons. The number of nitrogens with zero attached hydrogens (tertiary/aromatic N) is 1. The van der Waals surface area contributed by atoms with Crippen LogP contribution in [0, 0.1) is 11.3 Å². The number of benzene rings is 1. The summed E-state index contributed by atoms with van der Waals surface area (Å²) in [5.74, 6) is 0.714. The highest BCUT2D eigenvalue weighted by Gasteiger charge is 2.22. The van der Waals surface area contributed by atoms with Crippen molar-refractivity contribution in [3.05, 3.63) is 29.8 Å². The van der Waals surface area contributed by atoms with Gasteiger partial charge in [0.25, 0.3) is 0 Å². The summed E-state index contributed by atoms with van der Waals surface area (Å²) in [6, 6.07) is 9.06. The smallest absolute Gasteiger partial charge is 0.121 e. The first-order valence-electron chi connectivity index (χ1n) is 5.44. The predicted molar refractivity (Wildman–Crippen MR) is 65.6 cm³/mol. The molecule has 0 saturated heterocycles. The third kappa shape index (κ3) is 3.74. The lowest BCUT2D eigenvalue weighted by atomic mass is 10.0. The normalized spacial score (nSPS) is 12.9. The molecule has 1 unspecified atom stereocenters. The van der Waals surface area contributed by atoms with Gasteiger partial charge in [-0.05, 0) is 31.5 Å². The molecule has 0 fully saturated rings. The van der Waals surface area contributed by atoms with E-state index in [9.17, 15) is 5.11 Å². The Balaban J connectivity index is 2.91. The summed E-state index contributed by atoms with van der Waals surface area (Å²) in [4.78, 5) is 0. The van der Waals surface area contributed by atoms with Crippen molar-refractivity contribution in [2.45, 2.75) is 25.4 Å². The van der Waals surface area contributed by atoms with Gasteiger partial charge >= 0.3 is 0 Å². The van der Waals surface area contributed by atoms with Crippen LogP contribution in [0.15, 0.2) is 24.3 Å². The Morgan fingerprint density at radius 3 is 2.76 bits per heavy atom. The van der Waals surface area contributed by atoms with E-state index >= 15 is 0 Å². The maximum absolute atomic E-state index is 9.19. The van der Waals surface area contributed by atoms with Gasteiger partial charge in [0.2, 0.25) is 0 Å². The quantitative estimate of drug-likeness (QED) is 0.812. The van der Waals surface area contributed by atoms with Gasteiger partial charge in [-0.15, -0.1) is 0 Å². The van der Waals surface area contributed by atoms with Gasteiger partial charge in [0, 0.05) is 5.54 Å². The number of nitriles is 1. The maximum atomic E-state index is 9.19. The zero-order chi connectivity index (χ0) is 12.9. The highest BCUT2D eigenvalue weighted by molar-refractivity contribution is 5.33. The molecule has 0 heterocycles. The summed E-state index contributed by atoms with van der Waals surface area (Å²) < 4.78 is 5.12. The molecule has 2 N–H and O–H groups in total. The number of aliphatic hydroxyl groups excluding tert-OH is 1. The van der Waals surface area contributed by atoms with E-state index in [0.29, 0.717) is 5.75 Å². The van der Waals surface area contributed by atoms with Crippen LogP contribution in [0.2, 0.25) is 0 Å². The molecular formula is C13H18N2O2. The van der Waals surface area contributed by atoms with Gasteiger partial charge in [-0.25, -0.2) is 0 Å². The minimum absolute atomic E-state index is 0.0326. The maximum Gasteiger partial charge on any atom is 0.121 e. The average molecular weight is 234 g/mol. The summed E-state index contributed by atoms with van der Waals surface area (Å²) in [6.07, 6.45) is 0. The lowest BCUT2D eigenvalue weighted by Gasteiger charge is -2.27. The van der Waals surface area contributed by atoms with Crippen LogP contribution in [-0.2, 0) is 0 Å². The molecule has 1 atom stereocenters. The van der Waals surface area contributed by atoms with Crippen LogP contribution in [0.5, 0.6) is 5.75 Å². The van der Waals surface area contributed by atoms with Gasteiger partial charge in [0.05, 0.1) is 19.8 Å². The first-order valence-corrected chi connectivity index (χ1v) is 5.44. The molecular weight excluding hydrogens is 216 g/mol. The third-order valence-corrected chi connectivity index (χ3v) is 2.49. The molecule has 0 aliphatic heterocycles. The number of aliphatic hydroxyl groups is 1. The van der Waals surface area contributed by atoms with Crippen molar-refractivity contribution in [1.29, 1.82) is 5.26 Å². The Bertz CT molecular complexity index is 410. The molecule has 1 aromatic carbocycles. The van der Waals surface area contributed by atoms with Gasteiger partial charge in [0.1, 0.15) is 11.8 Å². The Morgan fingerprint density at radius 1 is 1.53 bits per heavy atom. The van der Waals surface area contributed by atoms with Gasteiger partial charge in [-0.1, -0.05) is 12.1 Å². The molecule has 0 radical (unpaired) electrons. The Morgan fingerprint density at radius 2 is 2.24 bits per heavy atom. The van der Waals surface area contributed by atoms with E-state index < -0.39 is 11.6 Å². The van der Waals surface area contributed by atoms with E-state index in [1.54, 1.807) is 7.11 Å². The van der Waals surface area contributed by atoms with Crippen LogP contribution >= 0.6 is 0 Å². The molecule has 1 rings (SSSR count). The fourth-order valence-corrected chi connectivity index (χ4v) is 1.45.